The van der Waals surface area contributed by atoms with E-state index < -0.39 is 11.8 Å². The van der Waals surface area contributed by atoms with Crippen LogP contribution in [-0.4, -0.2) is 24.0 Å². The Morgan fingerprint density at radius 1 is 1.21 bits per heavy atom. The second kappa shape index (κ2) is 6.58. The van der Waals surface area contributed by atoms with E-state index in [-0.39, 0.29) is 10.7 Å². The molecule has 0 aliphatic carbocycles. The number of amides is 2. The van der Waals surface area contributed by atoms with Gasteiger partial charge in [-0.1, -0.05) is 0 Å². The fraction of sp³-hybridized carbons (Fsp3) is 0.0625. The Bertz CT molecular complexity index is 857. The summed E-state index contributed by atoms with van der Waals surface area (Å²) < 4.78 is 10.9. The summed E-state index contributed by atoms with van der Waals surface area (Å²) in [5, 5.41) is 2.53. The normalized spacial score (nSPS) is 16.5. The second-order valence-corrected chi connectivity index (χ2v) is 5.97. The number of thiocarbonyl (C=S) groups is 1. The van der Waals surface area contributed by atoms with Gasteiger partial charge in [-0.3, -0.25) is 19.8 Å². The zero-order valence-corrected chi connectivity index (χ0v) is 14.8. The molecule has 0 radical (unpaired) electrons. The summed E-state index contributed by atoms with van der Waals surface area (Å²) in [6.07, 6.45) is 1.38. The minimum absolute atomic E-state index is 0.0212. The van der Waals surface area contributed by atoms with Crippen molar-refractivity contribution in [2.75, 3.05) is 12.0 Å². The number of nitrogens with one attached hydrogen (secondary N) is 1. The molecule has 2 amide bonds. The van der Waals surface area contributed by atoms with E-state index in [0.29, 0.717) is 21.9 Å². The van der Waals surface area contributed by atoms with Gasteiger partial charge in [0, 0.05) is 0 Å². The van der Waals surface area contributed by atoms with Gasteiger partial charge in [0.05, 0.1) is 12.8 Å². The highest BCUT2D eigenvalue weighted by atomic mass is 79.9. The molecule has 1 aliphatic heterocycles. The number of furan rings is 1. The van der Waals surface area contributed by atoms with E-state index >= 15 is 0 Å². The maximum atomic E-state index is 12.7. The minimum Gasteiger partial charge on any atom is -0.497 e. The Labute approximate surface area is 151 Å². The van der Waals surface area contributed by atoms with Crippen molar-refractivity contribution in [2.24, 2.45) is 0 Å². The molecular formula is C16H11BrN2O4S. The van der Waals surface area contributed by atoms with Gasteiger partial charge in [0.15, 0.2) is 9.78 Å². The third-order valence-corrected chi connectivity index (χ3v) is 4.02. The SMILES string of the molecule is COc1ccc(N2C(=O)C(=Cc3ccc(Br)o3)C(=O)NC2=S)cc1. The second-order valence-electron chi connectivity index (χ2n) is 4.80. The van der Waals surface area contributed by atoms with Gasteiger partial charge in [-0.05, 0) is 70.6 Å². The maximum absolute atomic E-state index is 12.7. The lowest BCUT2D eigenvalue weighted by Crippen LogP contribution is -2.54. The summed E-state index contributed by atoms with van der Waals surface area (Å²) in [7, 11) is 1.55. The molecule has 0 saturated carbocycles. The van der Waals surface area contributed by atoms with Gasteiger partial charge in [0.1, 0.15) is 17.1 Å². The number of methoxy groups -OCH3 is 1. The largest absolute Gasteiger partial charge is 0.497 e. The van der Waals surface area contributed by atoms with Crippen LogP contribution >= 0.6 is 28.1 Å². The van der Waals surface area contributed by atoms with Gasteiger partial charge in [0.25, 0.3) is 11.8 Å². The van der Waals surface area contributed by atoms with Crippen LogP contribution in [0.2, 0.25) is 0 Å². The van der Waals surface area contributed by atoms with Crippen LogP contribution in [0.5, 0.6) is 5.75 Å². The Balaban J connectivity index is 1.97. The van der Waals surface area contributed by atoms with Crippen LogP contribution in [0.15, 0.2) is 51.1 Å². The van der Waals surface area contributed by atoms with E-state index in [9.17, 15) is 9.59 Å². The monoisotopic (exact) mass is 406 g/mol. The Kier molecular flexibility index (Phi) is 4.50. The van der Waals surface area contributed by atoms with Crippen molar-refractivity contribution >= 4 is 56.8 Å². The topological polar surface area (TPSA) is 71.8 Å². The van der Waals surface area contributed by atoms with Crippen LogP contribution in [0.4, 0.5) is 5.69 Å². The molecule has 1 aromatic heterocycles. The molecular weight excluding hydrogens is 396 g/mol. The third kappa shape index (κ3) is 3.10. The number of hydrogen-bond donors (Lipinski definition) is 1. The van der Waals surface area contributed by atoms with E-state index in [4.69, 9.17) is 21.4 Å². The molecule has 1 N–H and O–H groups in total. The standard InChI is InChI=1S/C16H11BrN2O4S/c1-22-10-4-2-9(3-5-10)19-15(21)12(14(20)18-16(19)24)8-11-6-7-13(17)23-11/h2-8H,1H3,(H,18,20,24). The number of ether oxygens (including phenoxy) is 1. The van der Waals surface area contributed by atoms with Gasteiger partial charge >= 0.3 is 0 Å². The number of benzene rings is 1. The van der Waals surface area contributed by atoms with Crippen LogP contribution in [0.1, 0.15) is 5.76 Å². The first-order valence-electron chi connectivity index (χ1n) is 6.80. The summed E-state index contributed by atoms with van der Waals surface area (Å²) in [5.41, 5.74) is 0.457. The number of nitrogens with zero attached hydrogens (tertiary/aromatic N) is 1. The van der Waals surface area contributed by atoms with Crippen molar-refractivity contribution in [3.63, 3.8) is 0 Å². The highest BCUT2D eigenvalue weighted by Crippen LogP contribution is 2.25. The smallest absolute Gasteiger partial charge is 0.270 e. The fourth-order valence-electron chi connectivity index (χ4n) is 2.17. The molecule has 0 bridgehead atoms. The number of rotatable bonds is 3. The van der Waals surface area contributed by atoms with Crippen LogP contribution in [0, 0.1) is 0 Å². The van der Waals surface area contributed by atoms with E-state index in [1.165, 1.54) is 11.0 Å². The van der Waals surface area contributed by atoms with Gasteiger partial charge in [0.2, 0.25) is 0 Å². The first-order valence-corrected chi connectivity index (χ1v) is 8.00. The molecule has 0 unspecified atom stereocenters. The molecule has 1 fully saturated rings. The number of halogens is 1. The van der Waals surface area contributed by atoms with Crippen molar-refractivity contribution in [1.29, 1.82) is 0 Å². The molecule has 2 heterocycles. The molecule has 1 saturated heterocycles. The fourth-order valence-corrected chi connectivity index (χ4v) is 2.77. The first kappa shape index (κ1) is 16.4. The maximum Gasteiger partial charge on any atom is 0.270 e. The van der Waals surface area contributed by atoms with E-state index in [1.807, 2.05) is 0 Å². The van der Waals surface area contributed by atoms with Crippen molar-refractivity contribution < 1.29 is 18.7 Å². The molecule has 24 heavy (non-hydrogen) atoms. The molecule has 8 heteroatoms. The van der Waals surface area contributed by atoms with E-state index in [1.54, 1.807) is 43.5 Å². The summed E-state index contributed by atoms with van der Waals surface area (Å²) in [6.45, 7) is 0. The lowest BCUT2D eigenvalue weighted by molar-refractivity contribution is -0.122. The summed E-state index contributed by atoms with van der Waals surface area (Å²) in [6, 6.07) is 10.1. The Hall–Kier alpha value is -2.45. The molecule has 6 nitrogen and oxygen atoms in total. The van der Waals surface area contributed by atoms with Gasteiger partial charge < -0.3 is 9.15 Å². The number of carbonyl (C=O) groups is 2. The molecule has 2 aromatic rings. The zero-order valence-electron chi connectivity index (χ0n) is 12.4. The van der Waals surface area contributed by atoms with Crippen LogP contribution in [-0.2, 0) is 9.59 Å². The molecule has 3 rings (SSSR count). The first-order chi connectivity index (χ1) is 11.5. The predicted molar refractivity (Wildman–Crippen MR) is 95.6 cm³/mol. The molecule has 0 spiro atoms. The van der Waals surface area contributed by atoms with Crippen molar-refractivity contribution in [2.45, 2.75) is 0 Å². The quantitative estimate of drug-likeness (QED) is 0.481. The van der Waals surface area contributed by atoms with Gasteiger partial charge in [-0.25, -0.2) is 0 Å². The molecule has 122 valence electrons. The lowest BCUT2D eigenvalue weighted by atomic mass is 10.1. The average Bonchev–Trinajstić information content (AvgIpc) is 2.97. The highest BCUT2D eigenvalue weighted by molar-refractivity contribution is 9.10. The summed E-state index contributed by atoms with van der Waals surface area (Å²) in [5.74, 6) is -0.0686. The summed E-state index contributed by atoms with van der Waals surface area (Å²) in [4.78, 5) is 26.1. The van der Waals surface area contributed by atoms with Crippen molar-refractivity contribution in [1.82, 2.24) is 5.32 Å². The van der Waals surface area contributed by atoms with Crippen molar-refractivity contribution in [3.05, 3.63) is 52.4 Å². The van der Waals surface area contributed by atoms with E-state index in [0.717, 1.165) is 0 Å². The number of carbonyl (C=O) groups excluding carboxylic acids is 2. The minimum atomic E-state index is -0.567. The van der Waals surface area contributed by atoms with Crippen LogP contribution < -0.4 is 15.0 Å². The highest BCUT2D eigenvalue weighted by Gasteiger charge is 2.34. The van der Waals surface area contributed by atoms with E-state index in [2.05, 4.69) is 21.2 Å². The van der Waals surface area contributed by atoms with Crippen LogP contribution in [0.3, 0.4) is 0 Å². The summed E-state index contributed by atoms with van der Waals surface area (Å²) >= 11 is 8.30. The van der Waals surface area contributed by atoms with Gasteiger partial charge in [-0.2, -0.15) is 0 Å². The van der Waals surface area contributed by atoms with Crippen LogP contribution in [0.25, 0.3) is 6.08 Å². The Morgan fingerprint density at radius 2 is 1.92 bits per heavy atom. The van der Waals surface area contributed by atoms with Gasteiger partial charge in [-0.15, -0.1) is 0 Å². The predicted octanol–water partition coefficient (Wildman–Crippen LogP) is 2.88. The average molecular weight is 407 g/mol. The van der Waals surface area contributed by atoms with Crippen molar-refractivity contribution in [3.8, 4) is 5.75 Å². The molecule has 1 aromatic carbocycles. The lowest BCUT2D eigenvalue weighted by Gasteiger charge is -2.28. The third-order valence-electron chi connectivity index (χ3n) is 3.31. The Morgan fingerprint density at radius 3 is 2.50 bits per heavy atom. The number of anilines is 1. The molecule has 0 atom stereocenters. The zero-order chi connectivity index (χ0) is 17.3. The number of hydrogen-bond acceptors (Lipinski definition) is 5. The molecule has 1 aliphatic rings.